The Hall–Kier alpha value is -0.410. The predicted octanol–water partition coefficient (Wildman–Crippen LogP) is 3.39. The third kappa shape index (κ3) is 2.83. The van der Waals surface area contributed by atoms with Gasteiger partial charge in [-0.25, -0.2) is 4.98 Å². The minimum atomic E-state index is 0.734. The van der Waals surface area contributed by atoms with E-state index < -0.39 is 0 Å². The van der Waals surface area contributed by atoms with Crippen molar-refractivity contribution < 1.29 is 0 Å². The second kappa shape index (κ2) is 5.78. The third-order valence-electron chi connectivity index (χ3n) is 3.49. The van der Waals surface area contributed by atoms with Crippen molar-refractivity contribution in [1.82, 2.24) is 4.98 Å². The zero-order valence-corrected chi connectivity index (χ0v) is 11.0. The van der Waals surface area contributed by atoms with Crippen LogP contribution >= 0.6 is 11.3 Å². The van der Waals surface area contributed by atoms with Crippen LogP contribution in [0, 0.1) is 6.92 Å². The van der Waals surface area contributed by atoms with E-state index >= 15 is 0 Å². The molecule has 0 aliphatic heterocycles. The van der Waals surface area contributed by atoms with Gasteiger partial charge >= 0.3 is 0 Å². The molecule has 1 fully saturated rings. The van der Waals surface area contributed by atoms with Gasteiger partial charge in [0, 0.05) is 10.8 Å². The first-order valence-corrected chi connectivity index (χ1v) is 7.29. The SMILES string of the molecule is Cc1nc(C2CCCCCC2)sc1CCN. The average molecular weight is 238 g/mol. The molecule has 2 N–H and O–H groups in total. The molecule has 0 bridgehead atoms. The first-order valence-electron chi connectivity index (χ1n) is 6.47. The van der Waals surface area contributed by atoms with Gasteiger partial charge in [-0.2, -0.15) is 0 Å². The number of nitrogens with two attached hydrogens (primary N) is 1. The number of aryl methyl sites for hydroxylation is 1. The Labute approximate surface area is 102 Å². The Morgan fingerprint density at radius 2 is 1.94 bits per heavy atom. The van der Waals surface area contributed by atoms with Gasteiger partial charge in [-0.1, -0.05) is 25.7 Å². The van der Waals surface area contributed by atoms with Crippen molar-refractivity contribution in [3.05, 3.63) is 15.6 Å². The number of hydrogen-bond acceptors (Lipinski definition) is 3. The number of nitrogens with zero attached hydrogens (tertiary/aromatic N) is 1. The van der Waals surface area contributed by atoms with Crippen LogP contribution in [-0.4, -0.2) is 11.5 Å². The molecule has 0 saturated heterocycles. The van der Waals surface area contributed by atoms with Gasteiger partial charge in [-0.15, -0.1) is 11.3 Å². The van der Waals surface area contributed by atoms with E-state index in [1.807, 2.05) is 11.3 Å². The quantitative estimate of drug-likeness (QED) is 0.820. The lowest BCUT2D eigenvalue weighted by atomic mass is 10.0. The predicted molar refractivity (Wildman–Crippen MR) is 70.1 cm³/mol. The fourth-order valence-corrected chi connectivity index (χ4v) is 3.77. The van der Waals surface area contributed by atoms with Crippen molar-refractivity contribution in [3.63, 3.8) is 0 Å². The lowest BCUT2D eigenvalue weighted by Crippen LogP contribution is -2.01. The van der Waals surface area contributed by atoms with Crippen molar-refractivity contribution in [2.24, 2.45) is 5.73 Å². The van der Waals surface area contributed by atoms with Crippen molar-refractivity contribution >= 4 is 11.3 Å². The molecule has 0 amide bonds. The maximum atomic E-state index is 5.62. The van der Waals surface area contributed by atoms with Crippen LogP contribution < -0.4 is 5.73 Å². The molecular formula is C13H22N2S. The van der Waals surface area contributed by atoms with Gasteiger partial charge in [0.1, 0.15) is 0 Å². The summed E-state index contributed by atoms with van der Waals surface area (Å²) in [6.07, 6.45) is 9.28. The Balaban J connectivity index is 2.09. The van der Waals surface area contributed by atoms with E-state index in [0.717, 1.165) is 18.9 Å². The molecule has 90 valence electrons. The van der Waals surface area contributed by atoms with E-state index in [1.54, 1.807) is 0 Å². The molecule has 1 saturated carbocycles. The molecule has 0 atom stereocenters. The molecule has 1 aliphatic carbocycles. The fourth-order valence-electron chi connectivity index (χ4n) is 2.51. The van der Waals surface area contributed by atoms with Crippen LogP contribution in [0.15, 0.2) is 0 Å². The highest BCUT2D eigenvalue weighted by molar-refractivity contribution is 7.11. The normalized spacial score (nSPS) is 18.6. The maximum Gasteiger partial charge on any atom is 0.0961 e. The van der Waals surface area contributed by atoms with Crippen molar-refractivity contribution in [3.8, 4) is 0 Å². The smallest absolute Gasteiger partial charge is 0.0961 e. The third-order valence-corrected chi connectivity index (χ3v) is 4.86. The molecule has 2 nitrogen and oxygen atoms in total. The Morgan fingerprint density at radius 3 is 2.56 bits per heavy atom. The number of hydrogen-bond donors (Lipinski definition) is 1. The van der Waals surface area contributed by atoms with Crippen LogP contribution in [0.5, 0.6) is 0 Å². The molecule has 0 spiro atoms. The van der Waals surface area contributed by atoms with Crippen LogP contribution in [-0.2, 0) is 6.42 Å². The summed E-state index contributed by atoms with van der Waals surface area (Å²) in [5.41, 5.74) is 6.84. The lowest BCUT2D eigenvalue weighted by molar-refractivity contribution is 0.588. The Morgan fingerprint density at radius 1 is 1.25 bits per heavy atom. The number of aromatic nitrogens is 1. The van der Waals surface area contributed by atoms with Gasteiger partial charge in [0.2, 0.25) is 0 Å². The van der Waals surface area contributed by atoms with E-state index in [-0.39, 0.29) is 0 Å². The molecular weight excluding hydrogens is 216 g/mol. The van der Waals surface area contributed by atoms with E-state index in [1.165, 1.54) is 54.1 Å². The Bertz CT molecular complexity index is 325. The second-order valence-electron chi connectivity index (χ2n) is 4.79. The van der Waals surface area contributed by atoms with Crippen LogP contribution in [0.4, 0.5) is 0 Å². The number of rotatable bonds is 3. The van der Waals surface area contributed by atoms with E-state index in [4.69, 9.17) is 10.7 Å². The minimum absolute atomic E-state index is 0.734. The summed E-state index contributed by atoms with van der Waals surface area (Å²) in [7, 11) is 0. The van der Waals surface area contributed by atoms with Crippen LogP contribution in [0.25, 0.3) is 0 Å². The Kier molecular flexibility index (Phi) is 4.36. The molecule has 0 aromatic carbocycles. The minimum Gasteiger partial charge on any atom is -0.330 e. The summed E-state index contributed by atoms with van der Waals surface area (Å²) >= 11 is 1.91. The summed E-state index contributed by atoms with van der Waals surface area (Å²) in [4.78, 5) is 6.16. The average Bonchev–Trinajstić information content (AvgIpc) is 2.54. The summed E-state index contributed by atoms with van der Waals surface area (Å²) in [5.74, 6) is 0.734. The van der Waals surface area contributed by atoms with Crippen LogP contribution in [0.1, 0.15) is 60.0 Å². The van der Waals surface area contributed by atoms with Crippen LogP contribution in [0.2, 0.25) is 0 Å². The molecule has 3 heteroatoms. The molecule has 0 radical (unpaired) electrons. The van der Waals surface area contributed by atoms with E-state index in [9.17, 15) is 0 Å². The van der Waals surface area contributed by atoms with Gasteiger partial charge in [0.25, 0.3) is 0 Å². The first kappa shape index (κ1) is 12.1. The van der Waals surface area contributed by atoms with E-state index in [2.05, 4.69) is 6.92 Å². The first-order chi connectivity index (χ1) is 7.81. The molecule has 16 heavy (non-hydrogen) atoms. The summed E-state index contributed by atoms with van der Waals surface area (Å²) in [6.45, 7) is 2.87. The largest absolute Gasteiger partial charge is 0.330 e. The summed E-state index contributed by atoms with van der Waals surface area (Å²) < 4.78 is 0. The van der Waals surface area contributed by atoms with Gasteiger partial charge in [0.05, 0.1) is 10.7 Å². The van der Waals surface area contributed by atoms with Crippen molar-refractivity contribution in [1.29, 1.82) is 0 Å². The number of thiazole rings is 1. The van der Waals surface area contributed by atoms with Crippen LogP contribution in [0.3, 0.4) is 0 Å². The zero-order chi connectivity index (χ0) is 11.4. The standard InChI is InChI=1S/C13H22N2S/c1-10-12(8-9-14)16-13(15-10)11-6-4-2-3-5-7-11/h11H,2-9,14H2,1H3. The maximum absolute atomic E-state index is 5.62. The monoisotopic (exact) mass is 238 g/mol. The van der Waals surface area contributed by atoms with Gasteiger partial charge in [-0.3, -0.25) is 0 Å². The molecule has 1 aromatic heterocycles. The molecule has 0 unspecified atom stereocenters. The lowest BCUT2D eigenvalue weighted by Gasteiger charge is -2.09. The summed E-state index contributed by atoms with van der Waals surface area (Å²) in [5, 5.41) is 1.38. The molecule has 1 aromatic rings. The molecule has 1 aliphatic rings. The molecule has 1 heterocycles. The topological polar surface area (TPSA) is 38.9 Å². The van der Waals surface area contributed by atoms with Gasteiger partial charge < -0.3 is 5.73 Å². The van der Waals surface area contributed by atoms with Gasteiger partial charge in [-0.05, 0) is 32.7 Å². The fraction of sp³-hybridized carbons (Fsp3) is 0.769. The second-order valence-corrected chi connectivity index (χ2v) is 5.90. The van der Waals surface area contributed by atoms with Crippen molar-refractivity contribution in [2.75, 3.05) is 6.54 Å². The highest BCUT2D eigenvalue weighted by Crippen LogP contribution is 2.34. The summed E-state index contributed by atoms with van der Waals surface area (Å²) in [6, 6.07) is 0. The molecule has 2 rings (SSSR count). The van der Waals surface area contributed by atoms with Crippen molar-refractivity contribution in [2.45, 2.75) is 57.8 Å². The zero-order valence-electron chi connectivity index (χ0n) is 10.2. The van der Waals surface area contributed by atoms with E-state index in [0.29, 0.717) is 0 Å². The highest BCUT2D eigenvalue weighted by Gasteiger charge is 2.18. The highest BCUT2D eigenvalue weighted by atomic mass is 32.1. The van der Waals surface area contributed by atoms with Gasteiger partial charge in [0.15, 0.2) is 0 Å².